The largest absolute Gasteiger partial charge is 0.285 e. The van der Waals surface area contributed by atoms with Crippen LogP contribution < -0.4 is 9.44 Å². The molecule has 2 N–H and O–H groups in total. The third-order valence-electron chi connectivity index (χ3n) is 1.00. The lowest BCUT2D eigenvalue weighted by atomic mass is 10.4. The lowest BCUT2D eigenvalue weighted by Gasteiger charge is -2.06. The zero-order valence-electron chi connectivity index (χ0n) is 7.11. The molecule has 0 atom stereocenters. The molecule has 4 nitrogen and oxygen atoms in total. The first kappa shape index (κ1) is 9.28. The predicted octanol–water partition coefficient (Wildman–Crippen LogP) is 1.45. The number of anilines is 1. The fraction of sp³-hybridized carbons (Fsp3) is 0.429. The molecule has 1 aromatic heterocycles. The number of aromatic nitrogens is 2. The maximum absolute atomic E-state index is 3.99. The van der Waals surface area contributed by atoms with E-state index >= 15 is 0 Å². The SMILES string of the molecule is CC(C)NSNc1ncccn1. The van der Waals surface area contributed by atoms with Gasteiger partial charge in [0.2, 0.25) is 5.95 Å². The Morgan fingerprint density at radius 2 is 2.00 bits per heavy atom. The van der Waals surface area contributed by atoms with Gasteiger partial charge in [-0.2, -0.15) is 0 Å². The molecule has 1 rings (SSSR count). The molecule has 0 saturated heterocycles. The number of nitrogens with one attached hydrogen (secondary N) is 2. The van der Waals surface area contributed by atoms with Crippen molar-refractivity contribution in [2.24, 2.45) is 0 Å². The molecule has 0 saturated carbocycles. The topological polar surface area (TPSA) is 49.8 Å². The van der Waals surface area contributed by atoms with Crippen molar-refractivity contribution in [3.63, 3.8) is 0 Å². The van der Waals surface area contributed by atoms with Crippen LogP contribution in [0, 0.1) is 0 Å². The molecular formula is C7H12N4S. The van der Waals surface area contributed by atoms with Crippen LogP contribution in [0.2, 0.25) is 0 Å². The molecule has 0 fully saturated rings. The normalized spacial score (nSPS) is 10.2. The maximum Gasteiger partial charge on any atom is 0.233 e. The van der Waals surface area contributed by atoms with Crippen molar-refractivity contribution >= 4 is 18.1 Å². The van der Waals surface area contributed by atoms with Crippen LogP contribution >= 0.6 is 12.1 Å². The number of hydrogen-bond donors (Lipinski definition) is 2. The van der Waals surface area contributed by atoms with E-state index < -0.39 is 0 Å². The van der Waals surface area contributed by atoms with Gasteiger partial charge < -0.3 is 0 Å². The summed E-state index contributed by atoms with van der Waals surface area (Å²) in [6.45, 7) is 4.14. The van der Waals surface area contributed by atoms with Crippen LogP contribution in [-0.2, 0) is 0 Å². The van der Waals surface area contributed by atoms with Gasteiger partial charge in [-0.05, 0) is 19.9 Å². The Balaban J connectivity index is 2.25. The van der Waals surface area contributed by atoms with Crippen LogP contribution in [0.1, 0.15) is 13.8 Å². The van der Waals surface area contributed by atoms with E-state index in [9.17, 15) is 0 Å². The third kappa shape index (κ3) is 3.54. The first-order chi connectivity index (χ1) is 5.79. The summed E-state index contributed by atoms with van der Waals surface area (Å²) in [5.41, 5.74) is 0. The minimum absolute atomic E-state index is 0.436. The molecule has 5 heteroatoms. The second-order valence-corrected chi connectivity index (χ2v) is 3.19. The molecule has 0 unspecified atom stereocenters. The van der Waals surface area contributed by atoms with Gasteiger partial charge in [0, 0.05) is 30.6 Å². The van der Waals surface area contributed by atoms with Crippen LogP contribution in [0.4, 0.5) is 5.95 Å². The zero-order chi connectivity index (χ0) is 8.81. The smallest absolute Gasteiger partial charge is 0.233 e. The van der Waals surface area contributed by atoms with Gasteiger partial charge >= 0.3 is 0 Å². The highest BCUT2D eigenvalue weighted by Gasteiger charge is 1.94. The van der Waals surface area contributed by atoms with Crippen molar-refractivity contribution in [1.82, 2.24) is 14.7 Å². The molecular weight excluding hydrogens is 172 g/mol. The monoisotopic (exact) mass is 184 g/mol. The molecule has 66 valence electrons. The summed E-state index contributed by atoms with van der Waals surface area (Å²) in [7, 11) is 0. The van der Waals surface area contributed by atoms with Gasteiger partial charge in [0.05, 0.1) is 0 Å². The van der Waals surface area contributed by atoms with Crippen molar-refractivity contribution in [2.75, 3.05) is 4.72 Å². The number of hydrogen-bond acceptors (Lipinski definition) is 5. The average molecular weight is 184 g/mol. The standard InChI is InChI=1S/C7H12N4S/c1-6(2)10-12-11-7-8-4-3-5-9-7/h3-6,10H,1-2H3,(H,8,9,11). The van der Waals surface area contributed by atoms with Crippen LogP contribution in [-0.4, -0.2) is 16.0 Å². The number of nitrogens with zero attached hydrogens (tertiary/aromatic N) is 2. The van der Waals surface area contributed by atoms with Crippen molar-refractivity contribution in [3.8, 4) is 0 Å². The summed E-state index contributed by atoms with van der Waals surface area (Å²) in [5, 5.41) is 0. The maximum atomic E-state index is 3.99. The molecule has 12 heavy (non-hydrogen) atoms. The second kappa shape index (κ2) is 4.95. The predicted molar refractivity (Wildman–Crippen MR) is 51.5 cm³/mol. The molecule has 0 spiro atoms. The van der Waals surface area contributed by atoms with Crippen LogP contribution in [0.25, 0.3) is 0 Å². The van der Waals surface area contributed by atoms with Crippen LogP contribution in [0.15, 0.2) is 18.5 Å². The average Bonchev–Trinajstić information content (AvgIpc) is 2.05. The van der Waals surface area contributed by atoms with Crippen molar-refractivity contribution < 1.29 is 0 Å². The highest BCUT2D eigenvalue weighted by Crippen LogP contribution is 2.01. The Hall–Kier alpha value is -0.810. The van der Waals surface area contributed by atoms with Crippen molar-refractivity contribution in [2.45, 2.75) is 19.9 Å². The molecule has 0 aromatic carbocycles. The molecule has 1 aromatic rings. The minimum Gasteiger partial charge on any atom is -0.285 e. The zero-order valence-corrected chi connectivity index (χ0v) is 7.93. The molecule has 0 aliphatic heterocycles. The first-order valence-electron chi connectivity index (χ1n) is 3.73. The van der Waals surface area contributed by atoms with Crippen LogP contribution in [0.5, 0.6) is 0 Å². The van der Waals surface area contributed by atoms with E-state index in [0.29, 0.717) is 12.0 Å². The lowest BCUT2D eigenvalue weighted by molar-refractivity contribution is 0.772. The van der Waals surface area contributed by atoms with E-state index in [0.717, 1.165) is 0 Å². The summed E-state index contributed by atoms with van der Waals surface area (Å²) in [4.78, 5) is 7.99. The lowest BCUT2D eigenvalue weighted by Crippen LogP contribution is -2.16. The van der Waals surface area contributed by atoms with Gasteiger partial charge in [0.25, 0.3) is 0 Å². The van der Waals surface area contributed by atoms with Gasteiger partial charge in [-0.3, -0.25) is 4.72 Å². The van der Waals surface area contributed by atoms with Crippen molar-refractivity contribution in [3.05, 3.63) is 18.5 Å². The van der Waals surface area contributed by atoms with Crippen LogP contribution in [0.3, 0.4) is 0 Å². The van der Waals surface area contributed by atoms with E-state index in [4.69, 9.17) is 0 Å². The minimum atomic E-state index is 0.436. The van der Waals surface area contributed by atoms with E-state index in [-0.39, 0.29) is 0 Å². The molecule has 1 heterocycles. The van der Waals surface area contributed by atoms with Gasteiger partial charge in [-0.15, -0.1) is 0 Å². The summed E-state index contributed by atoms with van der Waals surface area (Å²) in [5.74, 6) is 0.621. The van der Waals surface area contributed by atoms with E-state index in [1.54, 1.807) is 18.5 Å². The highest BCUT2D eigenvalue weighted by molar-refractivity contribution is 7.98. The third-order valence-corrected chi connectivity index (χ3v) is 1.88. The summed E-state index contributed by atoms with van der Waals surface area (Å²) in [6, 6.07) is 2.22. The molecule has 0 amide bonds. The second-order valence-electron chi connectivity index (χ2n) is 2.55. The van der Waals surface area contributed by atoms with Gasteiger partial charge in [0.1, 0.15) is 0 Å². The Labute approximate surface area is 76.5 Å². The molecule has 0 aliphatic rings. The first-order valence-corrected chi connectivity index (χ1v) is 4.55. The summed E-state index contributed by atoms with van der Waals surface area (Å²) >= 11 is 1.39. The van der Waals surface area contributed by atoms with E-state index in [1.807, 2.05) is 0 Å². The molecule has 0 aliphatic carbocycles. The Bertz CT molecular complexity index is 214. The quantitative estimate of drug-likeness (QED) is 0.694. The Morgan fingerprint density at radius 3 is 2.58 bits per heavy atom. The molecule has 0 radical (unpaired) electrons. The summed E-state index contributed by atoms with van der Waals surface area (Å²) in [6.07, 6.45) is 3.40. The fourth-order valence-corrected chi connectivity index (χ4v) is 1.04. The molecule has 0 bridgehead atoms. The fourth-order valence-electron chi connectivity index (χ4n) is 0.545. The van der Waals surface area contributed by atoms with E-state index in [2.05, 4.69) is 33.3 Å². The van der Waals surface area contributed by atoms with Crippen molar-refractivity contribution in [1.29, 1.82) is 0 Å². The Kier molecular flexibility index (Phi) is 3.83. The Morgan fingerprint density at radius 1 is 1.33 bits per heavy atom. The van der Waals surface area contributed by atoms with Gasteiger partial charge in [-0.25, -0.2) is 14.7 Å². The van der Waals surface area contributed by atoms with E-state index in [1.165, 1.54) is 12.1 Å². The number of rotatable bonds is 4. The highest BCUT2D eigenvalue weighted by atomic mass is 32.2. The van der Waals surface area contributed by atoms with Gasteiger partial charge in [-0.1, -0.05) is 0 Å². The summed E-state index contributed by atoms with van der Waals surface area (Å²) < 4.78 is 6.08. The van der Waals surface area contributed by atoms with Gasteiger partial charge in [0.15, 0.2) is 0 Å².